The third kappa shape index (κ3) is 12.7. The van der Waals surface area contributed by atoms with Crippen molar-refractivity contribution >= 4 is 27.6 Å². The van der Waals surface area contributed by atoms with Crippen LogP contribution < -0.4 is 0 Å². The molecular formula is H3INOP. The molecule has 0 aliphatic carbocycles. The van der Waals surface area contributed by atoms with E-state index in [2.05, 4.69) is 0 Å². The first-order valence-corrected chi connectivity index (χ1v) is 4.67. The summed E-state index contributed by atoms with van der Waals surface area (Å²) in [5.74, 6) is 0. The lowest BCUT2D eigenvalue weighted by molar-refractivity contribution is 0.650. The Bertz CT molecular complexity index is 57.8. The van der Waals surface area contributed by atoms with Gasteiger partial charge < -0.3 is 4.89 Å². The van der Waals surface area contributed by atoms with Crippen LogP contribution in [-0.4, -0.2) is 6.17 Å². The molecule has 0 heterocycles. The fourth-order valence-corrected chi connectivity index (χ4v) is 0. The van der Waals surface area contributed by atoms with Crippen molar-refractivity contribution in [2.24, 2.45) is 0 Å². The normalized spacial score (nSPS) is 27.0. The maximum atomic E-state index is 7.95. The van der Waals surface area contributed by atoms with Crippen molar-refractivity contribution < 1.29 is 4.89 Å². The van der Waals surface area contributed by atoms with Gasteiger partial charge in [-0.1, -0.05) is 0 Å². The molecule has 0 fully saturated rings. The molecule has 1 unspecified atom stereocenters. The van der Waals surface area contributed by atoms with E-state index in [4.69, 9.17) is 11.3 Å². The monoisotopic (exact) mass is 192 g/mol. The molecule has 0 aromatic rings. The second-order valence-corrected chi connectivity index (χ2v) is 3.52. The number of halogens is 1. The molecule has 4 heteroatoms. The van der Waals surface area contributed by atoms with E-state index in [1.807, 2.05) is 0 Å². The molecule has 0 aromatic carbocycles. The van der Waals surface area contributed by atoms with Crippen LogP contribution in [0.15, 0.2) is 0 Å². The van der Waals surface area contributed by atoms with Gasteiger partial charge in [0.2, 0.25) is 0 Å². The molecule has 0 rings (SSSR count). The topological polar surface area (TPSA) is 44.1 Å². The highest BCUT2D eigenvalue weighted by molar-refractivity contribution is 14.2. The molecule has 0 aliphatic rings. The summed E-state index contributed by atoms with van der Waals surface area (Å²) in [4.78, 5) is 7.95. The average Bonchev–Trinajstić information content (AvgIpc) is 0.722. The zero-order valence-electron chi connectivity index (χ0n) is 2.77. The Kier molecular flexibility index (Phi) is 1.70. The molecule has 0 saturated carbocycles. The Labute approximate surface area is 39.3 Å². The molecule has 0 radical (unpaired) electrons. The quantitative estimate of drug-likeness (QED) is 0.439. The average molecular weight is 192 g/mol. The van der Waals surface area contributed by atoms with Crippen LogP contribution in [0.1, 0.15) is 0 Å². The summed E-state index contributed by atoms with van der Waals surface area (Å²) in [5.41, 5.74) is -2.92. The first-order chi connectivity index (χ1) is 2.00. The lowest BCUT2D eigenvalue weighted by Crippen LogP contribution is -1.17. The van der Waals surface area contributed by atoms with Gasteiger partial charge in [0.1, 0.15) is 6.81 Å². The predicted molar refractivity (Wildman–Crippen MR) is 27.3 cm³/mol. The van der Waals surface area contributed by atoms with Crippen LogP contribution in [0.25, 0.3) is 0 Å². The molecule has 0 amide bonds. The van der Waals surface area contributed by atoms with E-state index in [0.717, 1.165) is 0 Å². The minimum atomic E-state index is -2.92. The largest absolute Gasteiger partial charge is 0.354 e. The summed E-state index contributed by atoms with van der Waals surface area (Å²) in [5, 5.41) is 6.26. The summed E-state index contributed by atoms with van der Waals surface area (Å²) in [6.45, 7) is 0. The van der Waals surface area contributed by atoms with E-state index < -0.39 is 5.53 Å². The third-order valence-corrected chi connectivity index (χ3v) is 0. The predicted octanol–water partition coefficient (Wildman–Crippen LogP) is 1.22. The van der Waals surface area contributed by atoms with Gasteiger partial charge >= 0.3 is 0 Å². The molecule has 0 saturated heterocycles. The lowest BCUT2D eigenvalue weighted by Gasteiger charge is -1.64. The van der Waals surface area contributed by atoms with E-state index in [1.165, 1.54) is 22.0 Å². The number of hydrogen-bond donors (Lipinski definition) is 2. The molecule has 0 aliphatic heterocycles. The second-order valence-electron chi connectivity index (χ2n) is 0.260. The maximum Gasteiger partial charge on any atom is 0.125 e. The number of nitrogens with one attached hydrogen (secondary N) is 1. The van der Waals surface area contributed by atoms with E-state index in [0.29, 0.717) is 0 Å². The standard InChI is InChI=1S/H3INOP/c1-4(2)3/h4H,(H2,2,3)/i4D. The minimum Gasteiger partial charge on any atom is -0.354 e. The molecular weight excluding hydrogens is 188 g/mol. The molecule has 1 atom stereocenters. The smallest absolute Gasteiger partial charge is 0.125 e. The van der Waals surface area contributed by atoms with Crippen molar-refractivity contribution in [3.8, 4) is 0 Å². The zero-order valence-corrected chi connectivity index (χ0v) is 4.82. The molecule has 0 spiro atoms. The molecule has 26 valence electrons. The van der Waals surface area contributed by atoms with Crippen LogP contribution in [0.4, 0.5) is 0 Å². The lowest BCUT2D eigenvalue weighted by atomic mass is 14.0. The van der Waals surface area contributed by atoms with Crippen molar-refractivity contribution in [2.45, 2.75) is 0 Å². The van der Waals surface area contributed by atoms with Crippen molar-refractivity contribution in [3.63, 3.8) is 0 Å². The van der Waals surface area contributed by atoms with Crippen LogP contribution in [0, 0.1) is 5.16 Å². The Morgan fingerprint density at radius 1 is 2.50 bits per heavy atom. The molecule has 2 N–H and O–H groups in total. The van der Waals surface area contributed by atoms with Gasteiger partial charge in [-0.3, -0.25) is 5.16 Å². The first kappa shape index (κ1) is 3.12. The van der Waals surface area contributed by atoms with E-state index in [1.54, 1.807) is 0 Å². The van der Waals surface area contributed by atoms with Crippen LogP contribution in [0.5, 0.6) is 0 Å². The summed E-state index contributed by atoms with van der Waals surface area (Å²) in [7, 11) is 0. The van der Waals surface area contributed by atoms with Crippen LogP contribution in [-0.2, 0) is 0 Å². The van der Waals surface area contributed by atoms with Gasteiger partial charge in [0.15, 0.2) is 0 Å². The zero-order chi connectivity index (χ0) is 4.50. The molecule has 2 nitrogen and oxygen atoms in total. The summed E-state index contributed by atoms with van der Waals surface area (Å²) in [6.07, 6.45) is 0. The Balaban J connectivity index is 3.47. The summed E-state index contributed by atoms with van der Waals surface area (Å²) >= 11 is 1.38. The highest BCUT2D eigenvalue weighted by Gasteiger charge is 1.56. The Morgan fingerprint density at radius 3 is 2.50 bits per heavy atom. The minimum absolute atomic E-state index is 1.38. The highest BCUT2D eigenvalue weighted by atomic mass is 127. The molecule has 0 aromatic heterocycles. The molecule has 4 heavy (non-hydrogen) atoms. The Morgan fingerprint density at radius 2 is 2.50 bits per heavy atom. The van der Waals surface area contributed by atoms with E-state index >= 15 is 0 Å². The van der Waals surface area contributed by atoms with E-state index in [-0.39, 0.29) is 0 Å². The van der Waals surface area contributed by atoms with Crippen LogP contribution >= 0.6 is 27.6 Å². The maximum absolute atomic E-state index is 7.95. The van der Waals surface area contributed by atoms with Gasteiger partial charge in [-0.25, -0.2) is 0 Å². The third-order valence-electron chi connectivity index (χ3n) is 0. The highest BCUT2D eigenvalue weighted by Crippen LogP contribution is 2.23. The van der Waals surface area contributed by atoms with Gasteiger partial charge in [0.25, 0.3) is 0 Å². The SMILES string of the molecule is [2H]P(=N)(O)I. The van der Waals surface area contributed by atoms with Crippen molar-refractivity contribution in [3.05, 3.63) is 0 Å². The Hall–Kier alpha value is 0.920. The first-order valence-electron chi connectivity index (χ1n) is 1.04. The molecule has 0 bridgehead atoms. The van der Waals surface area contributed by atoms with Gasteiger partial charge in [-0.15, -0.1) is 0 Å². The fraction of sp³-hybridized carbons (Fsp3) is 0. The van der Waals surface area contributed by atoms with Gasteiger partial charge in [0.05, 0.1) is 0 Å². The van der Waals surface area contributed by atoms with Crippen LogP contribution in [0.2, 0.25) is 0 Å². The van der Waals surface area contributed by atoms with Crippen LogP contribution in [0.3, 0.4) is 0 Å². The fourth-order valence-electron chi connectivity index (χ4n) is 0. The van der Waals surface area contributed by atoms with Crippen molar-refractivity contribution in [1.29, 1.82) is 6.44 Å². The second kappa shape index (κ2) is 2.18. The van der Waals surface area contributed by atoms with Gasteiger partial charge in [0, 0.05) is 0 Å². The van der Waals surface area contributed by atoms with Gasteiger partial charge in [-0.2, -0.15) is 0 Å². The van der Waals surface area contributed by atoms with Gasteiger partial charge in [-0.05, 0) is 22.0 Å². The number of hydrogen-bond acceptors (Lipinski definition) is 1. The van der Waals surface area contributed by atoms with Crippen molar-refractivity contribution in [2.75, 3.05) is 0 Å². The van der Waals surface area contributed by atoms with Crippen molar-refractivity contribution in [1.82, 2.24) is 0 Å². The summed E-state index contributed by atoms with van der Waals surface area (Å²) in [6, 6.07) is 0. The van der Waals surface area contributed by atoms with E-state index in [9.17, 15) is 0 Å². The summed E-state index contributed by atoms with van der Waals surface area (Å²) < 4.78 is 6.26. The number of rotatable bonds is 0.